The number of hydrogen-bond donors (Lipinski definition) is 1. The minimum absolute atomic E-state index is 0.0785. The van der Waals surface area contributed by atoms with Crippen molar-refractivity contribution in [2.75, 3.05) is 26.3 Å². The Morgan fingerprint density at radius 1 is 1.12 bits per heavy atom. The average Bonchev–Trinajstić information content (AvgIpc) is 2.79. The van der Waals surface area contributed by atoms with Crippen LogP contribution in [0.15, 0.2) is 48.5 Å². The van der Waals surface area contributed by atoms with Gasteiger partial charge in [0.05, 0.1) is 12.6 Å². The molecule has 1 saturated heterocycles. The van der Waals surface area contributed by atoms with Gasteiger partial charge < -0.3 is 9.85 Å². The lowest BCUT2D eigenvalue weighted by molar-refractivity contribution is -0.155. The van der Waals surface area contributed by atoms with E-state index in [4.69, 9.17) is 17.8 Å². The summed E-state index contributed by atoms with van der Waals surface area (Å²) in [4.78, 5) is 16.5. The number of hydrogen-bond acceptors (Lipinski definition) is 5. The molecule has 0 saturated carbocycles. The summed E-state index contributed by atoms with van der Waals surface area (Å²) in [5.41, 5.74) is 2.77. The van der Waals surface area contributed by atoms with E-state index in [2.05, 4.69) is 106 Å². The Kier molecular flexibility index (Phi) is 7.39. The standard InChI is InChI=1S/C28H39ClN2O3/c1-20-17-22(13-14-23(20)29)25(21-11-9-8-10-12-21)30-15-16-31(28(6,7)27(30,4)5)26(2,3)19-34-18-24(32)33/h8-14,17,25H,15-16,18-19H2,1-7H3,(H,32,33)/t25-/m1/s1/i/hD. The van der Waals surface area contributed by atoms with Crippen molar-refractivity contribution in [3.63, 3.8) is 0 Å². The normalized spacial score (nSPS) is 19.9. The first-order chi connectivity index (χ1) is 16.3. The molecule has 2 aromatic carbocycles. The SMILES string of the molecule is [2H]OC(=O)COCC(C)(C)N1CCN([C@H](c2ccccc2)c2ccc(Cl)c(C)c2)C(C)(C)C1(C)C. The summed E-state index contributed by atoms with van der Waals surface area (Å²) >= 11 is 6.39. The molecule has 2 aromatic rings. The third-order valence-electron chi connectivity index (χ3n) is 7.79. The molecule has 0 bridgehead atoms. The Hall–Kier alpha value is -1.92. The molecule has 0 aromatic heterocycles. The summed E-state index contributed by atoms with van der Waals surface area (Å²) in [6.07, 6.45) is 0. The van der Waals surface area contributed by atoms with Crippen molar-refractivity contribution in [3.05, 3.63) is 70.2 Å². The second kappa shape index (κ2) is 9.98. The first kappa shape index (κ1) is 25.2. The lowest BCUT2D eigenvalue weighted by Gasteiger charge is -2.64. The highest BCUT2D eigenvalue weighted by atomic mass is 35.5. The first-order valence-electron chi connectivity index (χ1n) is 12.3. The summed E-state index contributed by atoms with van der Waals surface area (Å²) in [6, 6.07) is 17.1. The minimum Gasteiger partial charge on any atom is -0.480 e. The zero-order valence-electron chi connectivity index (χ0n) is 22.5. The molecule has 0 unspecified atom stereocenters. The van der Waals surface area contributed by atoms with Gasteiger partial charge in [-0.05, 0) is 71.2 Å². The van der Waals surface area contributed by atoms with E-state index in [1.165, 1.54) is 11.1 Å². The monoisotopic (exact) mass is 487 g/mol. The third-order valence-corrected chi connectivity index (χ3v) is 8.21. The number of carboxylic acid groups (broad SMARTS) is 1. The smallest absolute Gasteiger partial charge is 0.329 e. The summed E-state index contributed by atoms with van der Waals surface area (Å²) < 4.78 is 12.4. The van der Waals surface area contributed by atoms with Crippen LogP contribution in [0.1, 0.15) is 64.3 Å². The number of aliphatic carboxylic acids is 1. The van der Waals surface area contributed by atoms with Crippen LogP contribution in [-0.4, -0.2) is 63.8 Å². The number of benzene rings is 2. The van der Waals surface area contributed by atoms with Crippen molar-refractivity contribution in [1.82, 2.24) is 9.80 Å². The van der Waals surface area contributed by atoms with Crippen molar-refractivity contribution >= 4 is 17.6 Å². The van der Waals surface area contributed by atoms with Gasteiger partial charge in [0.15, 0.2) is 0 Å². The number of piperazine rings is 1. The van der Waals surface area contributed by atoms with Gasteiger partial charge in [0, 0.05) is 34.7 Å². The number of nitrogens with zero attached hydrogens (tertiary/aromatic N) is 2. The molecule has 1 N–H and O–H groups in total. The molecular formula is C28H39ClN2O3. The van der Waals surface area contributed by atoms with E-state index in [0.29, 0.717) is 6.61 Å². The van der Waals surface area contributed by atoms with Crippen LogP contribution in [0.2, 0.25) is 5.02 Å². The summed E-state index contributed by atoms with van der Waals surface area (Å²) in [6.45, 7) is 17.4. The maximum atomic E-state index is 11.4. The number of aryl methyl sites for hydroxylation is 1. The molecule has 6 heteroatoms. The average molecular weight is 488 g/mol. The molecule has 0 aliphatic carbocycles. The lowest BCUT2D eigenvalue weighted by atomic mass is 9.73. The van der Waals surface area contributed by atoms with Crippen LogP contribution in [-0.2, 0) is 9.53 Å². The highest BCUT2D eigenvalue weighted by molar-refractivity contribution is 6.31. The van der Waals surface area contributed by atoms with E-state index in [9.17, 15) is 4.79 Å². The quantitative estimate of drug-likeness (QED) is 0.510. The van der Waals surface area contributed by atoms with Crippen LogP contribution in [0.25, 0.3) is 1.43 Å². The second-order valence-electron chi connectivity index (χ2n) is 11.0. The topological polar surface area (TPSA) is 53.0 Å². The van der Waals surface area contributed by atoms with Crippen LogP contribution in [0, 0.1) is 6.92 Å². The van der Waals surface area contributed by atoms with Crippen molar-refractivity contribution in [1.29, 1.82) is 1.43 Å². The van der Waals surface area contributed by atoms with Gasteiger partial charge >= 0.3 is 5.97 Å². The lowest BCUT2D eigenvalue weighted by Crippen LogP contribution is -2.75. The predicted octanol–water partition coefficient (Wildman–Crippen LogP) is 5.79. The third kappa shape index (κ3) is 5.18. The van der Waals surface area contributed by atoms with E-state index in [0.717, 1.165) is 23.7 Å². The molecule has 1 heterocycles. The van der Waals surface area contributed by atoms with Crippen LogP contribution in [0.3, 0.4) is 0 Å². The van der Waals surface area contributed by atoms with Crippen LogP contribution in [0.4, 0.5) is 0 Å². The van der Waals surface area contributed by atoms with Gasteiger partial charge in [0.1, 0.15) is 6.61 Å². The van der Waals surface area contributed by atoms with E-state index < -0.39 is 5.97 Å². The Balaban J connectivity index is 1.96. The Labute approximate surface area is 211 Å². The first-order valence-corrected chi connectivity index (χ1v) is 12.3. The predicted molar refractivity (Wildman–Crippen MR) is 139 cm³/mol. The van der Waals surface area contributed by atoms with E-state index in [1.54, 1.807) is 0 Å². The molecule has 1 aliphatic heterocycles. The molecule has 0 amide bonds. The number of halogens is 1. The van der Waals surface area contributed by atoms with Crippen molar-refractivity contribution in [3.8, 4) is 0 Å². The van der Waals surface area contributed by atoms with Gasteiger partial charge in [-0.1, -0.05) is 54.1 Å². The Morgan fingerprint density at radius 3 is 2.41 bits per heavy atom. The molecule has 0 radical (unpaired) electrons. The number of carboxylic acids is 1. The fourth-order valence-electron chi connectivity index (χ4n) is 5.45. The van der Waals surface area contributed by atoms with Gasteiger partial charge in [0.25, 0.3) is 1.43 Å². The zero-order valence-corrected chi connectivity index (χ0v) is 22.3. The summed E-state index contributed by atoms with van der Waals surface area (Å²) in [5, 5.41) is 4.76. The zero-order chi connectivity index (χ0) is 26.0. The maximum Gasteiger partial charge on any atom is 0.329 e. The molecule has 3 rings (SSSR count). The molecule has 1 atom stereocenters. The summed E-state index contributed by atoms with van der Waals surface area (Å²) in [5.74, 6) is -0.686. The van der Waals surface area contributed by atoms with Gasteiger partial charge in [-0.15, -0.1) is 0 Å². The Morgan fingerprint density at radius 2 is 1.79 bits per heavy atom. The highest BCUT2D eigenvalue weighted by Gasteiger charge is 2.54. The number of rotatable bonds is 8. The van der Waals surface area contributed by atoms with Crippen molar-refractivity contribution in [2.24, 2.45) is 0 Å². The molecule has 186 valence electrons. The van der Waals surface area contributed by atoms with Crippen molar-refractivity contribution < 1.29 is 14.6 Å². The molecule has 1 aliphatic rings. The molecule has 5 nitrogen and oxygen atoms in total. The van der Waals surface area contributed by atoms with Gasteiger partial charge in [-0.25, -0.2) is 4.79 Å². The van der Waals surface area contributed by atoms with E-state index in [1.807, 2.05) is 6.07 Å². The second-order valence-corrected chi connectivity index (χ2v) is 11.4. The van der Waals surface area contributed by atoms with Crippen LogP contribution >= 0.6 is 11.6 Å². The molecular weight excluding hydrogens is 448 g/mol. The molecule has 0 spiro atoms. The Bertz CT molecular complexity index is 1030. The number of carbonyl (C=O) groups is 1. The highest BCUT2D eigenvalue weighted by Crippen LogP contribution is 2.46. The minimum atomic E-state index is -0.686. The molecule has 1 fully saturated rings. The van der Waals surface area contributed by atoms with Crippen molar-refractivity contribution in [2.45, 2.75) is 71.1 Å². The van der Waals surface area contributed by atoms with Crippen LogP contribution < -0.4 is 0 Å². The van der Waals surface area contributed by atoms with E-state index in [-0.39, 0.29) is 29.3 Å². The van der Waals surface area contributed by atoms with Gasteiger partial charge in [-0.2, -0.15) is 0 Å². The maximum absolute atomic E-state index is 11.4. The van der Waals surface area contributed by atoms with Gasteiger partial charge in [0.2, 0.25) is 0 Å². The number of ether oxygens (including phenoxy) is 1. The van der Waals surface area contributed by atoms with Crippen LogP contribution in [0.5, 0.6) is 0 Å². The molecule has 34 heavy (non-hydrogen) atoms. The fourth-order valence-corrected chi connectivity index (χ4v) is 5.56. The van der Waals surface area contributed by atoms with E-state index >= 15 is 0 Å². The summed E-state index contributed by atoms with van der Waals surface area (Å²) in [7, 11) is 0. The fraction of sp³-hybridized carbons (Fsp3) is 0.536. The largest absolute Gasteiger partial charge is 0.480 e. The van der Waals surface area contributed by atoms with Gasteiger partial charge in [-0.3, -0.25) is 9.80 Å².